The topological polar surface area (TPSA) is 70.8 Å². The highest BCUT2D eigenvalue weighted by Crippen LogP contribution is 2.34. The van der Waals surface area contributed by atoms with Gasteiger partial charge in [0.05, 0.1) is 29.3 Å². The van der Waals surface area contributed by atoms with E-state index in [2.05, 4.69) is 47.1 Å². The molecule has 1 aliphatic carbocycles. The Bertz CT molecular complexity index is 901. The molecule has 3 aromatic rings. The molecule has 3 N–H and O–H groups in total. The van der Waals surface area contributed by atoms with Gasteiger partial charge in [-0.05, 0) is 75.4 Å². The molecule has 5 heteroatoms. The summed E-state index contributed by atoms with van der Waals surface area (Å²) in [7, 11) is 0. The highest BCUT2D eigenvalue weighted by molar-refractivity contribution is 5.78. The molecule has 0 spiro atoms. The van der Waals surface area contributed by atoms with E-state index >= 15 is 0 Å². The van der Waals surface area contributed by atoms with Crippen LogP contribution in [0.4, 0.5) is 0 Å². The third-order valence-electron chi connectivity index (χ3n) is 5.62. The van der Waals surface area contributed by atoms with Crippen LogP contribution in [0.25, 0.3) is 11.0 Å². The number of pyridine rings is 1. The van der Waals surface area contributed by atoms with Crippen LogP contribution in [0.3, 0.4) is 0 Å². The van der Waals surface area contributed by atoms with Crippen LogP contribution in [-0.4, -0.2) is 32.9 Å². The van der Waals surface area contributed by atoms with Gasteiger partial charge in [-0.2, -0.15) is 0 Å². The van der Waals surface area contributed by atoms with Crippen LogP contribution >= 0.6 is 0 Å². The number of nitrogens with two attached hydrogens (primary N) is 1. The Morgan fingerprint density at radius 1 is 1.22 bits per heavy atom. The number of hydrogen-bond donors (Lipinski definition) is 2. The normalized spacial score (nSPS) is 16.8. The third-order valence-corrected chi connectivity index (χ3v) is 5.62. The maximum absolute atomic E-state index is 5.74. The molecule has 142 valence electrons. The van der Waals surface area contributed by atoms with E-state index in [9.17, 15) is 0 Å². The molecule has 0 amide bonds. The van der Waals surface area contributed by atoms with Crippen molar-refractivity contribution in [3.63, 3.8) is 0 Å². The molecular weight excluding hydrogens is 334 g/mol. The molecule has 1 aliphatic rings. The molecule has 27 heavy (non-hydrogen) atoms. The van der Waals surface area contributed by atoms with Crippen LogP contribution in [0.15, 0.2) is 36.5 Å². The molecule has 0 unspecified atom stereocenters. The molecule has 0 radical (unpaired) electrons. The predicted octanol–water partition coefficient (Wildman–Crippen LogP) is 3.88. The van der Waals surface area contributed by atoms with Gasteiger partial charge in [-0.25, -0.2) is 4.98 Å². The zero-order valence-electron chi connectivity index (χ0n) is 16.1. The minimum Gasteiger partial charge on any atom is -0.341 e. The largest absolute Gasteiger partial charge is 0.341 e. The summed E-state index contributed by atoms with van der Waals surface area (Å²) in [6, 6.07) is 11.0. The van der Waals surface area contributed by atoms with E-state index in [-0.39, 0.29) is 0 Å². The molecule has 1 atom stereocenters. The summed E-state index contributed by atoms with van der Waals surface area (Å²) in [5, 5.41) is 0. The summed E-state index contributed by atoms with van der Waals surface area (Å²) in [5.74, 6) is 1.04. The van der Waals surface area contributed by atoms with Gasteiger partial charge < -0.3 is 10.7 Å². The second-order valence-electron chi connectivity index (χ2n) is 7.58. The smallest absolute Gasteiger partial charge is 0.121 e. The zero-order chi connectivity index (χ0) is 18.6. The van der Waals surface area contributed by atoms with Gasteiger partial charge in [0.1, 0.15) is 5.82 Å². The van der Waals surface area contributed by atoms with Crippen molar-refractivity contribution >= 4 is 11.0 Å². The van der Waals surface area contributed by atoms with Crippen molar-refractivity contribution in [2.24, 2.45) is 5.73 Å². The van der Waals surface area contributed by atoms with E-state index in [1.165, 1.54) is 23.2 Å². The number of nitrogens with one attached hydrogen (secondary N) is 1. The fraction of sp³-hybridized carbons (Fsp3) is 0.455. The molecule has 0 saturated carbocycles. The van der Waals surface area contributed by atoms with Crippen molar-refractivity contribution in [1.29, 1.82) is 0 Å². The van der Waals surface area contributed by atoms with Crippen molar-refractivity contribution < 1.29 is 0 Å². The van der Waals surface area contributed by atoms with Gasteiger partial charge in [-0.15, -0.1) is 0 Å². The first-order valence-corrected chi connectivity index (χ1v) is 10.1. The summed E-state index contributed by atoms with van der Waals surface area (Å²) in [5.41, 5.74) is 11.8. The van der Waals surface area contributed by atoms with Crippen molar-refractivity contribution in [2.45, 2.75) is 51.6 Å². The van der Waals surface area contributed by atoms with Crippen LogP contribution < -0.4 is 5.73 Å². The number of fused-ring (bicyclic) bond motifs is 2. The van der Waals surface area contributed by atoms with E-state index < -0.39 is 0 Å². The lowest BCUT2D eigenvalue weighted by molar-refractivity contribution is 0.159. The first-order chi connectivity index (χ1) is 13.3. The molecule has 5 nitrogen and oxygen atoms in total. The first kappa shape index (κ1) is 18.1. The average molecular weight is 364 g/mol. The Morgan fingerprint density at radius 3 is 3.00 bits per heavy atom. The lowest BCUT2D eigenvalue weighted by Crippen LogP contribution is -2.33. The second kappa shape index (κ2) is 8.19. The number of unbranched alkanes of at least 4 members (excludes halogenated alkanes) is 1. The Hall–Kier alpha value is -2.24. The van der Waals surface area contributed by atoms with Crippen LogP contribution in [0.2, 0.25) is 0 Å². The van der Waals surface area contributed by atoms with Gasteiger partial charge >= 0.3 is 0 Å². The Labute approximate surface area is 161 Å². The summed E-state index contributed by atoms with van der Waals surface area (Å²) < 4.78 is 0. The molecule has 0 aliphatic heterocycles. The average Bonchev–Trinajstić information content (AvgIpc) is 3.11. The van der Waals surface area contributed by atoms with Crippen molar-refractivity contribution in [3.8, 4) is 0 Å². The van der Waals surface area contributed by atoms with Gasteiger partial charge in [0.2, 0.25) is 0 Å². The SMILES string of the molecule is Cc1cccc2[nH]c(CN(CCCCN)[C@H]3CCCc4cccnc43)nc12. The fourth-order valence-electron chi connectivity index (χ4n) is 4.24. The van der Waals surface area contributed by atoms with Crippen LogP contribution in [-0.2, 0) is 13.0 Å². The number of hydrogen-bond acceptors (Lipinski definition) is 4. The lowest BCUT2D eigenvalue weighted by atomic mass is 9.90. The minimum atomic E-state index is 0.363. The molecule has 0 saturated heterocycles. The standard InChI is InChI=1S/C22H29N5/c1-16-7-4-10-18-21(16)26-20(25-18)15-27(14-3-2-12-23)19-11-5-8-17-9-6-13-24-22(17)19/h4,6-7,9-10,13,19H,2-3,5,8,11-12,14-15,23H2,1H3,(H,25,26)/t19-/m0/s1. The molecule has 0 fully saturated rings. The summed E-state index contributed by atoms with van der Waals surface area (Å²) in [6.45, 7) is 4.71. The second-order valence-corrected chi connectivity index (χ2v) is 7.58. The lowest BCUT2D eigenvalue weighted by Gasteiger charge is -2.34. The first-order valence-electron chi connectivity index (χ1n) is 10.1. The van der Waals surface area contributed by atoms with Gasteiger partial charge in [0.15, 0.2) is 0 Å². The van der Waals surface area contributed by atoms with E-state index in [4.69, 9.17) is 15.7 Å². The van der Waals surface area contributed by atoms with Crippen LogP contribution in [0.5, 0.6) is 0 Å². The highest BCUT2D eigenvalue weighted by Gasteiger charge is 2.27. The van der Waals surface area contributed by atoms with Gasteiger partial charge in [0.25, 0.3) is 0 Å². The number of aryl methyl sites for hydroxylation is 2. The number of benzene rings is 1. The summed E-state index contributed by atoms with van der Waals surface area (Å²) >= 11 is 0. The Morgan fingerprint density at radius 2 is 2.15 bits per heavy atom. The van der Waals surface area contributed by atoms with Gasteiger partial charge in [-0.3, -0.25) is 9.88 Å². The number of imidazole rings is 1. The number of para-hydroxylation sites is 1. The molecule has 2 aromatic heterocycles. The number of nitrogens with zero attached hydrogens (tertiary/aromatic N) is 3. The number of aromatic amines is 1. The van der Waals surface area contributed by atoms with Crippen molar-refractivity contribution in [2.75, 3.05) is 13.1 Å². The van der Waals surface area contributed by atoms with E-state index in [1.54, 1.807) is 0 Å². The molecule has 4 rings (SSSR count). The van der Waals surface area contributed by atoms with E-state index in [0.29, 0.717) is 6.04 Å². The summed E-state index contributed by atoms with van der Waals surface area (Å²) in [6.07, 6.45) is 7.60. The number of aromatic nitrogens is 3. The van der Waals surface area contributed by atoms with Gasteiger partial charge in [-0.1, -0.05) is 18.2 Å². The van der Waals surface area contributed by atoms with Crippen LogP contribution in [0.1, 0.15) is 54.4 Å². The predicted molar refractivity (Wildman–Crippen MR) is 109 cm³/mol. The molecule has 0 bridgehead atoms. The van der Waals surface area contributed by atoms with Crippen molar-refractivity contribution in [3.05, 3.63) is 59.2 Å². The van der Waals surface area contributed by atoms with Crippen LogP contribution in [0, 0.1) is 6.92 Å². The van der Waals surface area contributed by atoms with E-state index in [1.807, 2.05) is 6.20 Å². The van der Waals surface area contributed by atoms with Gasteiger partial charge in [0, 0.05) is 6.20 Å². The molecular formula is C22H29N5. The minimum absolute atomic E-state index is 0.363. The number of rotatable bonds is 7. The quantitative estimate of drug-likeness (QED) is 0.625. The fourth-order valence-corrected chi connectivity index (χ4v) is 4.24. The van der Waals surface area contributed by atoms with Crippen molar-refractivity contribution in [1.82, 2.24) is 19.9 Å². The maximum atomic E-state index is 5.74. The Balaban J connectivity index is 1.62. The molecule has 1 aromatic carbocycles. The summed E-state index contributed by atoms with van der Waals surface area (Å²) in [4.78, 5) is 15.7. The zero-order valence-corrected chi connectivity index (χ0v) is 16.1. The highest BCUT2D eigenvalue weighted by atomic mass is 15.2. The number of H-pyrrole nitrogens is 1. The Kier molecular flexibility index (Phi) is 5.50. The monoisotopic (exact) mass is 363 g/mol. The molecule has 2 heterocycles. The third kappa shape index (κ3) is 3.89. The van der Waals surface area contributed by atoms with E-state index in [0.717, 1.165) is 62.2 Å². The maximum Gasteiger partial charge on any atom is 0.121 e.